The van der Waals surface area contributed by atoms with Crippen LogP contribution in [0.4, 0.5) is 4.39 Å². The number of benzene rings is 3. The number of rotatable bonds is 4. The summed E-state index contributed by atoms with van der Waals surface area (Å²) in [6.07, 6.45) is 0. The molecule has 4 heteroatoms. The third-order valence-electron chi connectivity index (χ3n) is 4.15. The van der Waals surface area contributed by atoms with Gasteiger partial charge in [-0.3, -0.25) is 0 Å². The van der Waals surface area contributed by atoms with Crippen molar-refractivity contribution in [3.63, 3.8) is 0 Å². The number of alkyl halides is 2. The molecule has 0 aliphatic carbocycles. The fourth-order valence-electron chi connectivity index (χ4n) is 2.94. The van der Waals surface area contributed by atoms with Gasteiger partial charge in [0, 0.05) is 0 Å². The van der Waals surface area contributed by atoms with E-state index in [4.69, 9.17) is 0 Å². The quantitative estimate of drug-likeness (QED) is 0.228. The van der Waals surface area contributed by atoms with E-state index in [1.165, 1.54) is 0 Å². The van der Waals surface area contributed by atoms with Crippen LogP contribution in [0.25, 0.3) is 0 Å². The molecular formula is C19H16FI2P. The summed E-state index contributed by atoms with van der Waals surface area (Å²) in [5.74, 6) is 0. The minimum absolute atomic E-state index is 1.02. The van der Waals surface area contributed by atoms with Crippen molar-refractivity contribution < 1.29 is 4.39 Å². The molecule has 0 spiro atoms. The molecule has 0 aliphatic rings. The van der Waals surface area contributed by atoms with Crippen LogP contribution in [0.2, 0.25) is 0 Å². The molecule has 3 rings (SSSR count). The summed E-state index contributed by atoms with van der Waals surface area (Å²) in [4.78, 5) is 0. The van der Waals surface area contributed by atoms with Gasteiger partial charge in [0.25, 0.3) is 0 Å². The summed E-state index contributed by atoms with van der Waals surface area (Å²) < 4.78 is 11.3. The zero-order valence-electron chi connectivity index (χ0n) is 12.3. The number of halogens is 3. The van der Waals surface area contributed by atoms with Crippen LogP contribution in [-0.4, -0.2) is 3.92 Å². The molecule has 0 saturated heterocycles. The van der Waals surface area contributed by atoms with Crippen molar-refractivity contribution in [2.24, 2.45) is 0 Å². The van der Waals surface area contributed by atoms with E-state index in [-0.39, 0.29) is 0 Å². The molecule has 0 bridgehead atoms. The van der Waals surface area contributed by atoms with Crippen LogP contribution in [0.15, 0.2) is 91.0 Å². The number of hydrogen-bond donors (Lipinski definition) is 0. The first-order valence-electron chi connectivity index (χ1n) is 7.27. The van der Waals surface area contributed by atoms with Crippen LogP contribution in [0.1, 0.15) is 0 Å². The average Bonchev–Trinajstić information content (AvgIpc) is 2.63. The van der Waals surface area contributed by atoms with Crippen molar-refractivity contribution in [3.05, 3.63) is 91.0 Å². The van der Waals surface area contributed by atoms with E-state index in [0.29, 0.717) is 0 Å². The third kappa shape index (κ3) is 2.65. The molecule has 0 aliphatic heterocycles. The molecule has 118 valence electrons. The first-order valence-corrected chi connectivity index (χ1v) is 13.6. The predicted molar refractivity (Wildman–Crippen MR) is 118 cm³/mol. The van der Waals surface area contributed by atoms with Gasteiger partial charge in [-0.2, -0.15) is 0 Å². The van der Waals surface area contributed by atoms with Gasteiger partial charge in [-0.15, -0.1) is 0 Å². The number of hydrogen-bond acceptors (Lipinski definition) is 0. The molecule has 3 aromatic rings. The van der Waals surface area contributed by atoms with Crippen LogP contribution >= 0.6 is 48.9 Å². The SMILES string of the molecule is FC(I)P(I)(c1ccccc1)(c1ccccc1)c1ccccc1. The Kier molecular flexibility index (Phi) is 5.09. The van der Waals surface area contributed by atoms with Gasteiger partial charge in [0.2, 0.25) is 0 Å². The van der Waals surface area contributed by atoms with Gasteiger partial charge >= 0.3 is 164 Å². The second-order valence-electron chi connectivity index (χ2n) is 5.36. The standard InChI is InChI=1S/C19H16FI2P/c20-19(21)23(22,16-10-4-1-5-11-16,17-12-6-2-7-13-17)18-14-8-3-9-15-18/h1-15,19H. The van der Waals surface area contributed by atoms with Gasteiger partial charge in [-0.05, 0) is 0 Å². The molecule has 0 N–H and O–H groups in total. The van der Waals surface area contributed by atoms with Crippen LogP contribution in [0.5, 0.6) is 0 Å². The van der Waals surface area contributed by atoms with Crippen LogP contribution in [-0.2, 0) is 0 Å². The Morgan fingerprint density at radius 2 is 0.870 bits per heavy atom. The summed E-state index contributed by atoms with van der Waals surface area (Å²) in [5.41, 5.74) is 0. The van der Waals surface area contributed by atoms with Gasteiger partial charge in [0.1, 0.15) is 0 Å². The van der Waals surface area contributed by atoms with Crippen LogP contribution < -0.4 is 15.9 Å². The minimum atomic E-state index is -3.22. The van der Waals surface area contributed by atoms with Crippen molar-refractivity contribution in [2.75, 3.05) is 0 Å². The zero-order valence-corrected chi connectivity index (χ0v) is 17.5. The molecule has 0 heterocycles. The maximum atomic E-state index is 15.5. The van der Waals surface area contributed by atoms with Crippen molar-refractivity contribution in [1.29, 1.82) is 0 Å². The van der Waals surface area contributed by atoms with E-state index < -0.39 is 8.17 Å². The molecule has 1 unspecified atom stereocenters. The topological polar surface area (TPSA) is 0 Å². The summed E-state index contributed by atoms with van der Waals surface area (Å²) in [6.45, 7) is 0. The third-order valence-corrected chi connectivity index (χ3v) is 21.8. The summed E-state index contributed by atoms with van der Waals surface area (Å²) in [7, 11) is 0. The van der Waals surface area contributed by atoms with E-state index in [1.54, 1.807) is 0 Å². The maximum absolute atomic E-state index is 15.5. The van der Waals surface area contributed by atoms with E-state index in [9.17, 15) is 0 Å². The second kappa shape index (κ2) is 6.77. The molecule has 1 atom stereocenters. The summed E-state index contributed by atoms with van der Waals surface area (Å²) in [6, 6.07) is 30.3. The molecular weight excluding hydrogens is 532 g/mol. The predicted octanol–water partition coefficient (Wildman–Crippen LogP) is 5.55. The van der Waals surface area contributed by atoms with Gasteiger partial charge in [0.05, 0.1) is 0 Å². The molecule has 0 saturated carbocycles. The van der Waals surface area contributed by atoms with Crippen molar-refractivity contribution >= 4 is 64.8 Å². The molecule has 0 aromatic heterocycles. The van der Waals surface area contributed by atoms with Crippen molar-refractivity contribution in [2.45, 2.75) is 3.92 Å². The molecule has 0 amide bonds. The summed E-state index contributed by atoms with van der Waals surface area (Å²) >= 11 is 4.41. The molecule has 0 nitrogen and oxygen atoms in total. The van der Waals surface area contributed by atoms with Gasteiger partial charge in [0.15, 0.2) is 0 Å². The zero-order chi connectivity index (χ0) is 16.4. The first kappa shape index (κ1) is 17.3. The Bertz CT molecular complexity index is 677. The van der Waals surface area contributed by atoms with E-state index in [1.807, 2.05) is 77.2 Å². The molecule has 0 radical (unpaired) electrons. The van der Waals surface area contributed by atoms with Gasteiger partial charge < -0.3 is 0 Å². The Hall–Kier alpha value is -0.520. The fraction of sp³-hybridized carbons (Fsp3) is 0.0526. The van der Waals surface area contributed by atoms with E-state index in [2.05, 4.69) is 58.4 Å². The fourth-order valence-corrected chi connectivity index (χ4v) is 12.6. The summed E-state index contributed by atoms with van der Waals surface area (Å²) in [5, 5.41) is 3.20. The Morgan fingerprint density at radius 1 is 0.609 bits per heavy atom. The van der Waals surface area contributed by atoms with Crippen LogP contribution in [0, 0.1) is 0 Å². The van der Waals surface area contributed by atoms with Gasteiger partial charge in [-0.1, -0.05) is 0 Å². The Balaban J connectivity index is 2.47. The first-order chi connectivity index (χ1) is 11.1. The van der Waals surface area contributed by atoms with E-state index in [0.717, 1.165) is 15.9 Å². The monoisotopic (exact) mass is 548 g/mol. The van der Waals surface area contributed by atoms with Crippen LogP contribution in [0.3, 0.4) is 0 Å². The van der Waals surface area contributed by atoms with Crippen molar-refractivity contribution in [1.82, 2.24) is 0 Å². The van der Waals surface area contributed by atoms with Gasteiger partial charge in [-0.25, -0.2) is 0 Å². The Labute approximate surface area is 163 Å². The Morgan fingerprint density at radius 3 is 1.09 bits per heavy atom. The van der Waals surface area contributed by atoms with Crippen molar-refractivity contribution in [3.8, 4) is 0 Å². The molecule has 23 heavy (non-hydrogen) atoms. The normalized spacial score (nSPS) is 14.7. The molecule has 0 fully saturated rings. The molecule has 3 aromatic carbocycles. The average molecular weight is 548 g/mol. The second-order valence-corrected chi connectivity index (χ2v) is 17.6. The van der Waals surface area contributed by atoms with E-state index >= 15 is 4.39 Å².